The lowest BCUT2D eigenvalue weighted by Gasteiger charge is -2.19. The maximum Gasteiger partial charge on any atom is 0.296 e. The zero-order chi connectivity index (χ0) is 6.97. The molecular weight excluding hydrogens is 132 g/mol. The Kier molecular flexibility index (Phi) is 1.14. The molecule has 1 aliphatic heterocycles. The Balaban J connectivity index is 2.30. The molecule has 0 amide bonds. The SMILES string of the molecule is OC1COc2nccn2C1. The molecule has 1 N–H and O–H groups in total. The van der Waals surface area contributed by atoms with Crippen LogP contribution in [0.15, 0.2) is 12.4 Å². The van der Waals surface area contributed by atoms with Crippen molar-refractivity contribution in [2.45, 2.75) is 12.6 Å². The van der Waals surface area contributed by atoms with Gasteiger partial charge < -0.3 is 9.84 Å². The maximum absolute atomic E-state index is 9.10. The normalized spacial score (nSPS) is 23.5. The third-order valence-corrected chi connectivity index (χ3v) is 1.49. The van der Waals surface area contributed by atoms with Crippen LogP contribution in [0.1, 0.15) is 0 Å². The van der Waals surface area contributed by atoms with E-state index in [4.69, 9.17) is 9.84 Å². The topological polar surface area (TPSA) is 47.3 Å². The summed E-state index contributed by atoms with van der Waals surface area (Å²) in [6, 6.07) is 0.602. The molecule has 0 aliphatic carbocycles. The van der Waals surface area contributed by atoms with E-state index in [0.717, 1.165) is 0 Å². The fraction of sp³-hybridized carbons (Fsp3) is 0.500. The van der Waals surface area contributed by atoms with Gasteiger partial charge in [-0.3, -0.25) is 4.57 Å². The van der Waals surface area contributed by atoms with E-state index in [1.54, 1.807) is 17.0 Å². The molecule has 1 aromatic rings. The lowest BCUT2D eigenvalue weighted by Crippen LogP contribution is -2.29. The van der Waals surface area contributed by atoms with Crippen LogP contribution in [-0.2, 0) is 6.54 Å². The van der Waals surface area contributed by atoms with Crippen molar-refractivity contribution in [3.05, 3.63) is 12.4 Å². The molecule has 1 aliphatic rings. The van der Waals surface area contributed by atoms with Crippen LogP contribution >= 0.6 is 0 Å². The predicted octanol–water partition coefficient (Wildman–Crippen LogP) is -0.364. The largest absolute Gasteiger partial charge is 0.462 e. The standard InChI is InChI=1S/C6H8N2O2/c9-5-3-8-2-1-7-6(8)10-4-5/h1-2,5,9H,3-4H2. The summed E-state index contributed by atoms with van der Waals surface area (Å²) in [6.07, 6.45) is 3.06. The van der Waals surface area contributed by atoms with Gasteiger partial charge in [0, 0.05) is 12.4 Å². The molecule has 54 valence electrons. The van der Waals surface area contributed by atoms with Crippen LogP contribution < -0.4 is 4.74 Å². The van der Waals surface area contributed by atoms with E-state index in [-0.39, 0.29) is 6.10 Å². The highest BCUT2D eigenvalue weighted by Crippen LogP contribution is 2.13. The van der Waals surface area contributed by atoms with E-state index < -0.39 is 0 Å². The van der Waals surface area contributed by atoms with Crippen molar-refractivity contribution in [1.29, 1.82) is 0 Å². The fourth-order valence-corrected chi connectivity index (χ4v) is 1.03. The number of ether oxygens (including phenoxy) is 1. The van der Waals surface area contributed by atoms with Crippen LogP contribution in [0.3, 0.4) is 0 Å². The van der Waals surface area contributed by atoms with Gasteiger partial charge in [0.15, 0.2) is 0 Å². The molecule has 1 unspecified atom stereocenters. The Labute approximate surface area is 58.1 Å². The number of hydrogen-bond donors (Lipinski definition) is 1. The molecule has 4 heteroatoms. The molecule has 2 heterocycles. The van der Waals surface area contributed by atoms with Gasteiger partial charge in [-0.25, -0.2) is 4.98 Å². The Morgan fingerprint density at radius 2 is 2.70 bits per heavy atom. The smallest absolute Gasteiger partial charge is 0.296 e. The summed E-state index contributed by atoms with van der Waals surface area (Å²) in [5.41, 5.74) is 0. The van der Waals surface area contributed by atoms with Crippen LogP contribution in [0.4, 0.5) is 0 Å². The number of aromatic nitrogens is 2. The Hall–Kier alpha value is -1.03. The number of rotatable bonds is 0. The van der Waals surface area contributed by atoms with Gasteiger partial charge in [-0.15, -0.1) is 0 Å². The minimum Gasteiger partial charge on any atom is -0.462 e. The first-order chi connectivity index (χ1) is 4.86. The second-order valence-electron chi connectivity index (χ2n) is 2.33. The molecule has 4 nitrogen and oxygen atoms in total. The first kappa shape index (κ1) is 5.73. The van der Waals surface area contributed by atoms with Crippen LogP contribution in [0.25, 0.3) is 0 Å². The first-order valence-corrected chi connectivity index (χ1v) is 3.18. The van der Waals surface area contributed by atoms with Crippen LogP contribution in [0.2, 0.25) is 0 Å². The number of aliphatic hydroxyl groups is 1. The molecular formula is C6H8N2O2. The number of aliphatic hydroxyl groups excluding tert-OH is 1. The van der Waals surface area contributed by atoms with Crippen molar-refractivity contribution in [3.63, 3.8) is 0 Å². The molecule has 0 bridgehead atoms. The second-order valence-corrected chi connectivity index (χ2v) is 2.33. The third-order valence-electron chi connectivity index (χ3n) is 1.49. The molecule has 10 heavy (non-hydrogen) atoms. The van der Waals surface area contributed by atoms with Gasteiger partial charge in [-0.1, -0.05) is 0 Å². The van der Waals surface area contributed by atoms with Gasteiger partial charge in [-0.2, -0.15) is 0 Å². The molecule has 0 radical (unpaired) electrons. The van der Waals surface area contributed by atoms with E-state index in [2.05, 4.69) is 4.98 Å². The Morgan fingerprint density at radius 3 is 3.60 bits per heavy atom. The average Bonchev–Trinajstić information content (AvgIpc) is 2.33. The highest BCUT2D eigenvalue weighted by molar-refractivity contribution is 5.01. The number of nitrogens with zero attached hydrogens (tertiary/aromatic N) is 2. The molecule has 1 aromatic heterocycles. The summed E-state index contributed by atoms with van der Waals surface area (Å²) in [7, 11) is 0. The van der Waals surface area contributed by atoms with Gasteiger partial charge in [0.2, 0.25) is 0 Å². The fourth-order valence-electron chi connectivity index (χ4n) is 1.03. The van der Waals surface area contributed by atoms with Crippen molar-refractivity contribution < 1.29 is 9.84 Å². The minimum atomic E-state index is -0.387. The monoisotopic (exact) mass is 140 g/mol. The molecule has 0 saturated heterocycles. The van der Waals surface area contributed by atoms with Crippen LogP contribution in [-0.4, -0.2) is 27.4 Å². The Morgan fingerprint density at radius 1 is 1.80 bits per heavy atom. The lowest BCUT2D eigenvalue weighted by molar-refractivity contribution is 0.0580. The summed E-state index contributed by atoms with van der Waals surface area (Å²) in [5, 5.41) is 9.10. The first-order valence-electron chi connectivity index (χ1n) is 3.18. The molecule has 2 rings (SSSR count). The highest BCUT2D eigenvalue weighted by atomic mass is 16.5. The van der Waals surface area contributed by atoms with Gasteiger partial charge in [0.05, 0.1) is 6.54 Å². The highest BCUT2D eigenvalue weighted by Gasteiger charge is 2.16. The van der Waals surface area contributed by atoms with E-state index in [9.17, 15) is 0 Å². The van der Waals surface area contributed by atoms with E-state index in [1.807, 2.05) is 0 Å². The van der Waals surface area contributed by atoms with Gasteiger partial charge >= 0.3 is 0 Å². The zero-order valence-electron chi connectivity index (χ0n) is 5.40. The maximum atomic E-state index is 9.10. The van der Waals surface area contributed by atoms with Gasteiger partial charge in [-0.05, 0) is 0 Å². The Bertz CT molecular complexity index is 233. The lowest BCUT2D eigenvalue weighted by atomic mass is 10.3. The second kappa shape index (κ2) is 1.98. The van der Waals surface area contributed by atoms with Crippen LogP contribution in [0, 0.1) is 0 Å². The predicted molar refractivity (Wildman–Crippen MR) is 33.7 cm³/mol. The van der Waals surface area contributed by atoms with Crippen molar-refractivity contribution in [2.24, 2.45) is 0 Å². The van der Waals surface area contributed by atoms with E-state index in [0.29, 0.717) is 19.2 Å². The average molecular weight is 140 g/mol. The molecule has 0 aromatic carbocycles. The summed E-state index contributed by atoms with van der Waals surface area (Å²) < 4.78 is 6.86. The van der Waals surface area contributed by atoms with E-state index >= 15 is 0 Å². The zero-order valence-corrected chi connectivity index (χ0v) is 5.40. The number of hydrogen-bond acceptors (Lipinski definition) is 3. The van der Waals surface area contributed by atoms with Gasteiger partial charge in [0.25, 0.3) is 6.01 Å². The summed E-state index contributed by atoms with van der Waals surface area (Å²) in [6.45, 7) is 0.951. The van der Waals surface area contributed by atoms with Crippen molar-refractivity contribution in [3.8, 4) is 6.01 Å². The summed E-state index contributed by atoms with van der Waals surface area (Å²) in [4.78, 5) is 3.92. The third kappa shape index (κ3) is 0.769. The summed E-state index contributed by atoms with van der Waals surface area (Å²) >= 11 is 0. The quantitative estimate of drug-likeness (QED) is 0.535. The number of fused-ring (bicyclic) bond motifs is 1. The van der Waals surface area contributed by atoms with Crippen molar-refractivity contribution in [2.75, 3.05) is 6.61 Å². The van der Waals surface area contributed by atoms with Crippen LogP contribution in [0.5, 0.6) is 6.01 Å². The summed E-state index contributed by atoms with van der Waals surface area (Å²) in [5.74, 6) is 0. The molecule has 1 atom stereocenters. The number of imidazole rings is 1. The molecule has 0 saturated carbocycles. The van der Waals surface area contributed by atoms with Crippen molar-refractivity contribution >= 4 is 0 Å². The molecule has 0 fully saturated rings. The molecule has 0 spiro atoms. The minimum absolute atomic E-state index is 0.358. The van der Waals surface area contributed by atoms with E-state index in [1.165, 1.54) is 0 Å². The van der Waals surface area contributed by atoms with Gasteiger partial charge in [0.1, 0.15) is 12.7 Å². The van der Waals surface area contributed by atoms with Crippen molar-refractivity contribution in [1.82, 2.24) is 9.55 Å².